The lowest BCUT2D eigenvalue weighted by atomic mass is 9.80. The maximum absolute atomic E-state index is 13.7. The van der Waals surface area contributed by atoms with E-state index in [-0.39, 0.29) is 17.1 Å². The molecule has 0 aliphatic heterocycles. The second kappa shape index (κ2) is 9.66. The Kier molecular flexibility index (Phi) is 6.99. The quantitative estimate of drug-likeness (QED) is 0.411. The molecule has 0 saturated carbocycles. The fourth-order valence-corrected chi connectivity index (χ4v) is 3.63. The van der Waals surface area contributed by atoms with Gasteiger partial charge >= 0.3 is 0 Å². The molecule has 1 aromatic heterocycles. The second-order valence-electron chi connectivity index (χ2n) is 8.29. The van der Waals surface area contributed by atoms with E-state index >= 15 is 0 Å². The number of carbonyl (C=O) groups is 1. The summed E-state index contributed by atoms with van der Waals surface area (Å²) in [6, 6.07) is 17.6. The van der Waals surface area contributed by atoms with Crippen molar-refractivity contribution in [3.63, 3.8) is 0 Å². The van der Waals surface area contributed by atoms with Gasteiger partial charge in [-0.25, -0.2) is 4.39 Å². The highest BCUT2D eigenvalue weighted by atomic mass is 19.1. The van der Waals surface area contributed by atoms with Crippen LogP contribution in [0.15, 0.2) is 66.9 Å². The molecule has 0 unspecified atom stereocenters. The summed E-state index contributed by atoms with van der Waals surface area (Å²) < 4.78 is 13.7. The second-order valence-corrected chi connectivity index (χ2v) is 8.29. The molecule has 3 aromatic rings. The van der Waals surface area contributed by atoms with Gasteiger partial charge in [-0.1, -0.05) is 64.3 Å². The Morgan fingerprint density at radius 3 is 2.60 bits per heavy atom. The average Bonchev–Trinajstić information content (AvgIpc) is 2.74. The topological polar surface area (TPSA) is 42.0 Å². The number of hydrogen-bond donors (Lipinski definition) is 1. The van der Waals surface area contributed by atoms with E-state index in [0.29, 0.717) is 16.8 Å². The summed E-state index contributed by atoms with van der Waals surface area (Å²) in [6.07, 6.45) is 6.32. The van der Waals surface area contributed by atoms with E-state index in [1.165, 1.54) is 37.0 Å². The van der Waals surface area contributed by atoms with Gasteiger partial charge in [0.05, 0.1) is 11.3 Å². The Labute approximate surface area is 178 Å². The highest BCUT2D eigenvalue weighted by Crippen LogP contribution is 2.31. The molecule has 0 aliphatic carbocycles. The smallest absolute Gasteiger partial charge is 0.257 e. The molecule has 1 amide bonds. The van der Waals surface area contributed by atoms with Crippen LogP contribution in [0.5, 0.6) is 0 Å². The van der Waals surface area contributed by atoms with Crippen LogP contribution < -0.4 is 5.32 Å². The number of amides is 1. The molecule has 4 heteroatoms. The average molecular weight is 405 g/mol. The summed E-state index contributed by atoms with van der Waals surface area (Å²) in [5.41, 5.74) is 3.44. The molecule has 1 N–H and O–H groups in total. The van der Waals surface area contributed by atoms with Crippen LogP contribution in [0.2, 0.25) is 0 Å². The van der Waals surface area contributed by atoms with E-state index in [1.54, 1.807) is 30.5 Å². The molecule has 0 spiro atoms. The molecule has 0 atom stereocenters. The number of carbonyl (C=O) groups excluding carboxylic acids is 1. The summed E-state index contributed by atoms with van der Waals surface area (Å²) in [5.74, 6) is -0.620. The minimum absolute atomic E-state index is 0.0386. The van der Waals surface area contributed by atoms with Crippen LogP contribution in [0.25, 0.3) is 11.3 Å². The van der Waals surface area contributed by atoms with Crippen LogP contribution in [0.4, 0.5) is 10.1 Å². The van der Waals surface area contributed by atoms with Crippen LogP contribution in [-0.4, -0.2) is 10.9 Å². The Balaban J connectivity index is 1.82. The molecule has 1 heterocycles. The van der Waals surface area contributed by atoms with E-state index in [9.17, 15) is 9.18 Å². The summed E-state index contributed by atoms with van der Waals surface area (Å²) in [4.78, 5) is 17.3. The first-order valence-electron chi connectivity index (χ1n) is 10.5. The lowest BCUT2D eigenvalue weighted by molar-refractivity contribution is 0.102. The fourth-order valence-electron chi connectivity index (χ4n) is 3.63. The van der Waals surface area contributed by atoms with Gasteiger partial charge in [0.25, 0.3) is 5.91 Å². The minimum Gasteiger partial charge on any atom is -0.322 e. The van der Waals surface area contributed by atoms with Gasteiger partial charge in [-0.05, 0) is 53.8 Å². The zero-order valence-electron chi connectivity index (χ0n) is 17.9. The van der Waals surface area contributed by atoms with Gasteiger partial charge in [0.1, 0.15) is 5.82 Å². The summed E-state index contributed by atoms with van der Waals surface area (Å²) >= 11 is 0. The highest BCUT2D eigenvalue weighted by Gasteiger charge is 2.21. The molecule has 0 bridgehead atoms. The number of benzene rings is 2. The van der Waals surface area contributed by atoms with Gasteiger partial charge in [0.2, 0.25) is 0 Å². The normalized spacial score (nSPS) is 11.3. The van der Waals surface area contributed by atoms with Crippen LogP contribution in [-0.2, 0) is 5.41 Å². The van der Waals surface area contributed by atoms with Crippen molar-refractivity contribution in [2.24, 2.45) is 0 Å². The molecule has 3 rings (SSSR count). The van der Waals surface area contributed by atoms with Crippen LogP contribution in [0.3, 0.4) is 0 Å². The minimum atomic E-state index is -0.359. The third-order valence-electron chi connectivity index (χ3n) is 5.46. The van der Waals surface area contributed by atoms with Crippen molar-refractivity contribution in [1.82, 2.24) is 4.98 Å². The number of halogens is 1. The summed E-state index contributed by atoms with van der Waals surface area (Å²) in [7, 11) is 0. The molecule has 156 valence electrons. The SMILES string of the molecule is CCCCCC(C)(C)c1cccc(NC(=O)c2cccnc2-c2cccc(F)c2)c1. The van der Waals surface area contributed by atoms with E-state index in [2.05, 4.69) is 37.1 Å². The van der Waals surface area contributed by atoms with Crippen LogP contribution >= 0.6 is 0 Å². The number of anilines is 1. The molecule has 0 fully saturated rings. The number of hydrogen-bond acceptors (Lipinski definition) is 2. The zero-order chi connectivity index (χ0) is 21.6. The van der Waals surface area contributed by atoms with Crippen LogP contribution in [0.1, 0.15) is 62.4 Å². The number of unbranched alkanes of at least 4 members (excludes halogenated alkanes) is 2. The predicted molar refractivity (Wildman–Crippen MR) is 121 cm³/mol. The van der Waals surface area contributed by atoms with Gasteiger partial charge in [0.15, 0.2) is 0 Å². The molecule has 0 radical (unpaired) electrons. The number of nitrogens with zero attached hydrogens (tertiary/aromatic N) is 1. The molecular formula is C26H29FN2O. The Morgan fingerprint density at radius 1 is 1.03 bits per heavy atom. The van der Waals surface area contributed by atoms with E-state index in [4.69, 9.17) is 0 Å². The highest BCUT2D eigenvalue weighted by molar-refractivity contribution is 6.08. The number of nitrogens with one attached hydrogen (secondary N) is 1. The standard InChI is InChI=1S/C26H29FN2O/c1-4-5-6-15-26(2,3)20-11-8-13-22(18-20)29-25(30)23-14-9-16-28-24(23)19-10-7-12-21(27)17-19/h7-14,16-18H,4-6,15H2,1-3H3,(H,29,30). The van der Waals surface area contributed by atoms with E-state index in [1.807, 2.05) is 18.2 Å². The van der Waals surface area contributed by atoms with E-state index in [0.717, 1.165) is 12.1 Å². The first-order chi connectivity index (χ1) is 14.4. The largest absolute Gasteiger partial charge is 0.322 e. The Bertz CT molecular complexity index is 1010. The summed E-state index contributed by atoms with van der Waals surface area (Å²) in [6.45, 7) is 6.69. The third kappa shape index (κ3) is 5.32. The molecule has 30 heavy (non-hydrogen) atoms. The Hall–Kier alpha value is -3.01. The van der Waals surface area contributed by atoms with Gasteiger partial charge in [-0.3, -0.25) is 9.78 Å². The monoisotopic (exact) mass is 404 g/mol. The lowest BCUT2D eigenvalue weighted by Crippen LogP contribution is -2.18. The van der Waals surface area contributed by atoms with Crippen molar-refractivity contribution >= 4 is 11.6 Å². The fraction of sp³-hybridized carbons (Fsp3) is 0.308. The van der Waals surface area contributed by atoms with Gasteiger partial charge < -0.3 is 5.32 Å². The molecule has 0 saturated heterocycles. The van der Waals surface area contributed by atoms with Gasteiger partial charge in [0, 0.05) is 17.4 Å². The predicted octanol–water partition coefficient (Wildman–Crippen LogP) is 7.00. The van der Waals surface area contributed by atoms with Crippen LogP contribution in [0, 0.1) is 5.82 Å². The lowest BCUT2D eigenvalue weighted by Gasteiger charge is -2.26. The Morgan fingerprint density at radius 2 is 1.83 bits per heavy atom. The zero-order valence-corrected chi connectivity index (χ0v) is 17.9. The third-order valence-corrected chi connectivity index (χ3v) is 5.46. The van der Waals surface area contributed by atoms with Crippen molar-refractivity contribution in [2.45, 2.75) is 51.9 Å². The van der Waals surface area contributed by atoms with Crippen molar-refractivity contribution in [2.75, 3.05) is 5.32 Å². The molecule has 0 aliphatic rings. The first-order valence-corrected chi connectivity index (χ1v) is 10.5. The van der Waals surface area contributed by atoms with Crippen molar-refractivity contribution in [1.29, 1.82) is 0 Å². The maximum atomic E-state index is 13.7. The first kappa shape index (κ1) is 21.7. The van der Waals surface area contributed by atoms with Gasteiger partial charge in [-0.2, -0.15) is 0 Å². The molecule has 3 nitrogen and oxygen atoms in total. The number of rotatable bonds is 8. The summed E-state index contributed by atoms with van der Waals surface area (Å²) in [5, 5.41) is 2.99. The molecule has 2 aromatic carbocycles. The molecular weight excluding hydrogens is 375 g/mol. The van der Waals surface area contributed by atoms with Crippen molar-refractivity contribution in [3.05, 3.63) is 83.8 Å². The number of pyridine rings is 1. The number of aromatic nitrogens is 1. The van der Waals surface area contributed by atoms with E-state index < -0.39 is 0 Å². The van der Waals surface area contributed by atoms with Crippen molar-refractivity contribution < 1.29 is 9.18 Å². The van der Waals surface area contributed by atoms with Crippen molar-refractivity contribution in [3.8, 4) is 11.3 Å². The maximum Gasteiger partial charge on any atom is 0.257 e. The van der Waals surface area contributed by atoms with Gasteiger partial charge in [-0.15, -0.1) is 0 Å².